The van der Waals surface area contributed by atoms with Gasteiger partial charge in [0.15, 0.2) is 0 Å². The summed E-state index contributed by atoms with van der Waals surface area (Å²) in [5.74, 6) is -0.944. The monoisotopic (exact) mass is 322 g/mol. The second kappa shape index (κ2) is 8.30. The first-order valence-corrected chi connectivity index (χ1v) is 8.44. The molecule has 0 radical (unpaired) electrons. The molecule has 1 amide bonds. The summed E-state index contributed by atoms with van der Waals surface area (Å²) in [6, 6.07) is -0.828. The first-order chi connectivity index (χ1) is 9.85. The summed E-state index contributed by atoms with van der Waals surface area (Å²) in [5, 5.41) is 0. The van der Waals surface area contributed by atoms with Gasteiger partial charge in [-0.3, -0.25) is 9.59 Å². The molecule has 8 nitrogen and oxygen atoms in total. The Bertz CT molecular complexity index is 458. The maximum absolute atomic E-state index is 12.1. The topological polar surface area (TPSA) is 102 Å². The highest BCUT2D eigenvalue weighted by molar-refractivity contribution is 7.89. The fraction of sp³-hybridized carbons (Fsp3) is 0.833. The van der Waals surface area contributed by atoms with Crippen LogP contribution in [0.15, 0.2) is 0 Å². The summed E-state index contributed by atoms with van der Waals surface area (Å²) in [6.07, 6.45) is 0.184. The fourth-order valence-electron chi connectivity index (χ4n) is 1.94. The number of methoxy groups -OCH3 is 1. The van der Waals surface area contributed by atoms with E-state index in [9.17, 15) is 18.0 Å². The molecule has 0 aromatic carbocycles. The van der Waals surface area contributed by atoms with Gasteiger partial charge in [0.2, 0.25) is 15.9 Å². The minimum absolute atomic E-state index is 0.0310. The van der Waals surface area contributed by atoms with E-state index in [-0.39, 0.29) is 24.5 Å². The first-order valence-electron chi connectivity index (χ1n) is 6.79. The minimum Gasteiger partial charge on any atom is -0.469 e. The molecule has 0 saturated carbocycles. The summed E-state index contributed by atoms with van der Waals surface area (Å²) in [5.41, 5.74) is 0. The van der Waals surface area contributed by atoms with Gasteiger partial charge in [-0.2, -0.15) is 0 Å². The third-order valence-electron chi connectivity index (χ3n) is 3.07. The predicted molar refractivity (Wildman–Crippen MR) is 75.0 cm³/mol. The largest absolute Gasteiger partial charge is 0.469 e. The molecule has 1 aliphatic rings. The molecule has 1 fully saturated rings. The van der Waals surface area contributed by atoms with Crippen LogP contribution in [0.4, 0.5) is 0 Å². The molecule has 1 saturated heterocycles. The van der Waals surface area contributed by atoms with Crippen molar-refractivity contribution in [1.82, 2.24) is 9.62 Å². The van der Waals surface area contributed by atoms with Crippen LogP contribution in [0.1, 0.15) is 19.8 Å². The van der Waals surface area contributed by atoms with Crippen molar-refractivity contribution >= 4 is 21.9 Å². The zero-order chi connectivity index (χ0) is 15.9. The molecular formula is C12H22N2O6S. The van der Waals surface area contributed by atoms with Crippen molar-refractivity contribution in [2.75, 3.05) is 39.2 Å². The molecule has 0 spiro atoms. The third-order valence-corrected chi connectivity index (χ3v) is 4.61. The number of morpholine rings is 1. The second-order valence-electron chi connectivity index (χ2n) is 4.78. The number of sulfonamides is 1. The second-order valence-corrected chi connectivity index (χ2v) is 6.65. The number of nitrogens with zero attached hydrogens (tertiary/aromatic N) is 1. The van der Waals surface area contributed by atoms with Gasteiger partial charge in [0.25, 0.3) is 0 Å². The van der Waals surface area contributed by atoms with Crippen molar-refractivity contribution in [2.24, 2.45) is 0 Å². The number of carbonyl (C=O) groups is 2. The van der Waals surface area contributed by atoms with Gasteiger partial charge in [-0.15, -0.1) is 0 Å². The van der Waals surface area contributed by atoms with Crippen LogP contribution >= 0.6 is 0 Å². The molecule has 1 unspecified atom stereocenters. The average Bonchev–Trinajstić information content (AvgIpc) is 2.46. The van der Waals surface area contributed by atoms with Crippen molar-refractivity contribution in [2.45, 2.75) is 25.8 Å². The molecule has 1 rings (SSSR count). The third kappa shape index (κ3) is 6.40. The molecule has 0 aromatic rings. The molecule has 0 bridgehead atoms. The molecule has 0 aliphatic carbocycles. The van der Waals surface area contributed by atoms with E-state index in [0.717, 1.165) is 0 Å². The SMILES string of the molecule is COC(=O)CCCS(=O)(=O)NC(C)C(=O)N1CCOCC1. The number of hydrogen-bond acceptors (Lipinski definition) is 6. The Labute approximate surface area is 124 Å². The van der Waals surface area contributed by atoms with Crippen molar-refractivity contribution in [1.29, 1.82) is 0 Å². The van der Waals surface area contributed by atoms with E-state index in [4.69, 9.17) is 4.74 Å². The van der Waals surface area contributed by atoms with E-state index < -0.39 is 22.0 Å². The van der Waals surface area contributed by atoms with E-state index in [0.29, 0.717) is 26.3 Å². The number of amides is 1. The Hall–Kier alpha value is -1.19. The van der Waals surface area contributed by atoms with Gasteiger partial charge in [-0.25, -0.2) is 13.1 Å². The van der Waals surface area contributed by atoms with Crippen molar-refractivity contribution < 1.29 is 27.5 Å². The van der Waals surface area contributed by atoms with Crippen LogP contribution in [0, 0.1) is 0 Å². The molecule has 21 heavy (non-hydrogen) atoms. The summed E-state index contributed by atoms with van der Waals surface area (Å²) >= 11 is 0. The number of ether oxygens (including phenoxy) is 2. The molecule has 1 N–H and O–H groups in total. The maximum Gasteiger partial charge on any atom is 0.305 e. The Morgan fingerprint density at radius 1 is 1.33 bits per heavy atom. The van der Waals surface area contributed by atoms with Crippen LogP contribution in [0.5, 0.6) is 0 Å². The number of nitrogens with one attached hydrogen (secondary N) is 1. The summed E-state index contributed by atoms with van der Waals surface area (Å²) in [4.78, 5) is 24.6. The van der Waals surface area contributed by atoms with E-state index in [2.05, 4.69) is 9.46 Å². The van der Waals surface area contributed by atoms with E-state index in [1.54, 1.807) is 4.90 Å². The Morgan fingerprint density at radius 3 is 2.52 bits per heavy atom. The van der Waals surface area contributed by atoms with Crippen molar-refractivity contribution in [3.63, 3.8) is 0 Å². The Morgan fingerprint density at radius 2 is 1.95 bits per heavy atom. The van der Waals surface area contributed by atoms with Crippen molar-refractivity contribution in [3.8, 4) is 0 Å². The number of carbonyl (C=O) groups excluding carboxylic acids is 2. The normalized spacial score (nSPS) is 17.3. The molecule has 0 aromatic heterocycles. The lowest BCUT2D eigenvalue weighted by Gasteiger charge is -2.29. The van der Waals surface area contributed by atoms with E-state index in [1.807, 2.05) is 0 Å². The zero-order valence-corrected chi connectivity index (χ0v) is 13.1. The van der Waals surface area contributed by atoms with Crippen LogP contribution in [-0.4, -0.2) is 70.4 Å². The standard InChI is InChI=1S/C12H22N2O6S/c1-10(12(16)14-5-7-20-8-6-14)13-21(17,18)9-3-4-11(15)19-2/h10,13H,3-9H2,1-2H3. The van der Waals surface area contributed by atoms with Crippen LogP contribution in [-0.2, 0) is 29.1 Å². The zero-order valence-electron chi connectivity index (χ0n) is 12.3. The molecule has 122 valence electrons. The van der Waals surface area contributed by atoms with E-state index >= 15 is 0 Å². The number of rotatable bonds is 7. The summed E-state index contributed by atoms with van der Waals surface area (Å²) < 4.78 is 35.6. The minimum atomic E-state index is -3.60. The summed E-state index contributed by atoms with van der Waals surface area (Å²) in [7, 11) is -2.36. The smallest absolute Gasteiger partial charge is 0.305 e. The fourth-order valence-corrected chi connectivity index (χ4v) is 3.23. The molecule has 1 heterocycles. The van der Waals surface area contributed by atoms with Gasteiger partial charge in [-0.05, 0) is 13.3 Å². The number of esters is 1. The lowest BCUT2D eigenvalue weighted by Crippen LogP contribution is -2.50. The highest BCUT2D eigenvalue weighted by Crippen LogP contribution is 2.03. The van der Waals surface area contributed by atoms with Gasteiger partial charge in [0, 0.05) is 19.5 Å². The molecule has 1 aliphatic heterocycles. The lowest BCUT2D eigenvalue weighted by atomic mass is 10.3. The number of hydrogen-bond donors (Lipinski definition) is 1. The summed E-state index contributed by atoms with van der Waals surface area (Å²) in [6.45, 7) is 3.37. The molecular weight excluding hydrogens is 300 g/mol. The Kier molecular flexibility index (Phi) is 7.06. The van der Waals surface area contributed by atoms with Crippen LogP contribution in [0.3, 0.4) is 0 Å². The quantitative estimate of drug-likeness (QED) is 0.610. The van der Waals surface area contributed by atoms with Gasteiger partial charge in [-0.1, -0.05) is 0 Å². The lowest BCUT2D eigenvalue weighted by molar-refractivity contribution is -0.140. The van der Waals surface area contributed by atoms with Crippen LogP contribution in [0.25, 0.3) is 0 Å². The highest BCUT2D eigenvalue weighted by atomic mass is 32.2. The van der Waals surface area contributed by atoms with Gasteiger partial charge >= 0.3 is 5.97 Å². The molecule has 9 heteroatoms. The van der Waals surface area contributed by atoms with E-state index in [1.165, 1.54) is 14.0 Å². The molecule has 1 atom stereocenters. The average molecular weight is 322 g/mol. The van der Waals surface area contributed by atoms with Crippen LogP contribution < -0.4 is 4.72 Å². The first kappa shape index (κ1) is 17.9. The van der Waals surface area contributed by atoms with Crippen molar-refractivity contribution in [3.05, 3.63) is 0 Å². The van der Waals surface area contributed by atoms with Gasteiger partial charge < -0.3 is 14.4 Å². The van der Waals surface area contributed by atoms with Crippen LogP contribution in [0.2, 0.25) is 0 Å². The highest BCUT2D eigenvalue weighted by Gasteiger charge is 2.25. The van der Waals surface area contributed by atoms with Gasteiger partial charge in [0.1, 0.15) is 0 Å². The Balaban J connectivity index is 2.42. The van der Waals surface area contributed by atoms with Gasteiger partial charge in [0.05, 0.1) is 32.1 Å². The predicted octanol–water partition coefficient (Wildman–Crippen LogP) is -0.894. The maximum atomic E-state index is 12.1.